The van der Waals surface area contributed by atoms with Gasteiger partial charge in [0.1, 0.15) is 6.29 Å². The third kappa shape index (κ3) is 2.43. The van der Waals surface area contributed by atoms with Crippen molar-refractivity contribution in [1.82, 2.24) is 0 Å². The molecule has 0 saturated heterocycles. The molecule has 0 aliphatic heterocycles. The maximum atomic E-state index is 11.3. The Labute approximate surface area is 90.3 Å². The smallest absolute Gasteiger partial charge is 0.373 e. The van der Waals surface area contributed by atoms with Crippen LogP contribution in [0, 0.1) is 0 Å². The molecule has 0 aliphatic carbocycles. The second kappa shape index (κ2) is 5.04. The molecule has 0 saturated carbocycles. The van der Waals surface area contributed by atoms with Gasteiger partial charge in [0.25, 0.3) is 0 Å². The van der Waals surface area contributed by atoms with Crippen LogP contribution in [0.3, 0.4) is 0 Å². The van der Waals surface area contributed by atoms with Gasteiger partial charge in [-0.05, 0) is 12.1 Å². The Kier molecular flexibility index (Phi) is 3.73. The Balaban J connectivity index is 3.22. The number of carbonyl (C=O) groups excluding carboxylic acids is 2. The molecule has 6 nitrogen and oxygen atoms in total. The molecular formula is C10H8O6. The number of benzene rings is 1. The SMILES string of the molecule is COOC(=O)c1ccc(C=O)cc1C(=O)O. The van der Waals surface area contributed by atoms with Crippen LogP contribution < -0.4 is 0 Å². The van der Waals surface area contributed by atoms with Crippen molar-refractivity contribution in [3.63, 3.8) is 0 Å². The van der Waals surface area contributed by atoms with Gasteiger partial charge in [0.05, 0.1) is 18.2 Å². The van der Waals surface area contributed by atoms with Gasteiger partial charge in [-0.3, -0.25) is 9.68 Å². The van der Waals surface area contributed by atoms with Crippen LogP contribution in [0.15, 0.2) is 18.2 Å². The minimum atomic E-state index is -1.33. The molecular weight excluding hydrogens is 216 g/mol. The molecule has 16 heavy (non-hydrogen) atoms. The highest BCUT2D eigenvalue weighted by molar-refractivity contribution is 6.03. The highest BCUT2D eigenvalue weighted by Crippen LogP contribution is 2.13. The Hall–Kier alpha value is -2.21. The first-order chi connectivity index (χ1) is 7.60. The fraction of sp³-hybridized carbons (Fsp3) is 0.100. The molecule has 1 aromatic rings. The van der Waals surface area contributed by atoms with Gasteiger partial charge < -0.3 is 5.11 Å². The van der Waals surface area contributed by atoms with Crippen molar-refractivity contribution in [3.05, 3.63) is 34.9 Å². The minimum absolute atomic E-state index is 0.159. The predicted molar refractivity (Wildman–Crippen MR) is 51.2 cm³/mol. The van der Waals surface area contributed by atoms with E-state index in [-0.39, 0.29) is 16.7 Å². The Morgan fingerprint density at radius 2 is 2.00 bits per heavy atom. The van der Waals surface area contributed by atoms with Gasteiger partial charge >= 0.3 is 11.9 Å². The van der Waals surface area contributed by atoms with Gasteiger partial charge in [0, 0.05) is 5.56 Å². The molecule has 1 N–H and O–H groups in total. The fourth-order valence-corrected chi connectivity index (χ4v) is 1.11. The second-order valence-corrected chi connectivity index (χ2v) is 2.77. The maximum absolute atomic E-state index is 11.3. The van der Waals surface area contributed by atoms with Crippen molar-refractivity contribution in [2.75, 3.05) is 7.11 Å². The molecule has 0 spiro atoms. The van der Waals surface area contributed by atoms with Gasteiger partial charge in [0.15, 0.2) is 0 Å². The number of carboxylic acids is 1. The highest BCUT2D eigenvalue weighted by Gasteiger charge is 2.18. The van der Waals surface area contributed by atoms with Crippen molar-refractivity contribution in [3.8, 4) is 0 Å². The molecule has 0 aliphatic rings. The number of aldehydes is 1. The molecule has 0 aromatic heterocycles. The van der Waals surface area contributed by atoms with E-state index in [0.29, 0.717) is 6.29 Å². The molecule has 0 unspecified atom stereocenters. The van der Waals surface area contributed by atoms with Crippen LogP contribution in [0.2, 0.25) is 0 Å². The van der Waals surface area contributed by atoms with Crippen LogP contribution in [0.4, 0.5) is 0 Å². The first-order valence-electron chi connectivity index (χ1n) is 4.17. The zero-order valence-electron chi connectivity index (χ0n) is 8.30. The number of hydrogen-bond acceptors (Lipinski definition) is 5. The van der Waals surface area contributed by atoms with E-state index in [4.69, 9.17) is 5.11 Å². The van der Waals surface area contributed by atoms with Gasteiger partial charge in [-0.15, -0.1) is 0 Å². The van der Waals surface area contributed by atoms with Gasteiger partial charge in [-0.2, -0.15) is 4.89 Å². The van der Waals surface area contributed by atoms with Gasteiger partial charge in [-0.1, -0.05) is 6.07 Å². The van der Waals surface area contributed by atoms with E-state index < -0.39 is 11.9 Å². The van der Waals surface area contributed by atoms with Gasteiger partial charge in [0.2, 0.25) is 0 Å². The molecule has 0 radical (unpaired) electrons. The van der Waals surface area contributed by atoms with E-state index in [9.17, 15) is 14.4 Å². The first kappa shape index (κ1) is 11.9. The summed E-state index contributed by atoms with van der Waals surface area (Å²) >= 11 is 0. The van der Waals surface area contributed by atoms with Crippen LogP contribution in [0.1, 0.15) is 31.1 Å². The van der Waals surface area contributed by atoms with Crippen LogP contribution in [-0.4, -0.2) is 30.4 Å². The van der Waals surface area contributed by atoms with Crippen LogP contribution in [-0.2, 0) is 9.78 Å². The summed E-state index contributed by atoms with van der Waals surface area (Å²) in [6, 6.07) is 3.59. The van der Waals surface area contributed by atoms with Crippen LogP contribution in [0.25, 0.3) is 0 Å². The van der Waals surface area contributed by atoms with Crippen LogP contribution in [0.5, 0.6) is 0 Å². The topological polar surface area (TPSA) is 89.9 Å². The fourth-order valence-electron chi connectivity index (χ4n) is 1.11. The van der Waals surface area contributed by atoms with E-state index >= 15 is 0 Å². The maximum Gasteiger partial charge on any atom is 0.373 e. The zero-order valence-corrected chi connectivity index (χ0v) is 8.30. The van der Waals surface area contributed by atoms with Crippen molar-refractivity contribution in [2.45, 2.75) is 0 Å². The van der Waals surface area contributed by atoms with Crippen molar-refractivity contribution in [2.24, 2.45) is 0 Å². The largest absolute Gasteiger partial charge is 0.478 e. The van der Waals surface area contributed by atoms with Gasteiger partial charge in [-0.25, -0.2) is 9.59 Å². The second-order valence-electron chi connectivity index (χ2n) is 2.77. The lowest BCUT2D eigenvalue weighted by molar-refractivity contribution is -0.216. The number of carboxylic acid groups (broad SMARTS) is 1. The number of carbonyl (C=O) groups is 3. The van der Waals surface area contributed by atoms with Crippen molar-refractivity contribution in [1.29, 1.82) is 0 Å². The molecule has 0 fully saturated rings. The molecule has 84 valence electrons. The molecule has 0 heterocycles. The predicted octanol–water partition coefficient (Wildman–Crippen LogP) is 0.915. The van der Waals surface area contributed by atoms with E-state index in [2.05, 4.69) is 9.78 Å². The summed E-state index contributed by atoms with van der Waals surface area (Å²) < 4.78 is 0. The first-order valence-corrected chi connectivity index (χ1v) is 4.17. The van der Waals surface area contributed by atoms with Crippen LogP contribution >= 0.6 is 0 Å². The summed E-state index contributed by atoms with van der Waals surface area (Å²) in [6.07, 6.45) is 0.484. The molecule has 0 bridgehead atoms. The van der Waals surface area contributed by atoms with Crippen molar-refractivity contribution >= 4 is 18.2 Å². The third-order valence-electron chi connectivity index (χ3n) is 1.79. The normalized spacial score (nSPS) is 9.56. The Morgan fingerprint density at radius 1 is 1.31 bits per heavy atom. The average molecular weight is 224 g/mol. The summed E-state index contributed by atoms with van der Waals surface area (Å²) in [5.41, 5.74) is -0.335. The number of rotatable bonds is 4. The lowest BCUT2D eigenvalue weighted by Gasteiger charge is -2.04. The monoisotopic (exact) mass is 224 g/mol. The zero-order chi connectivity index (χ0) is 12.1. The van der Waals surface area contributed by atoms with E-state index in [1.54, 1.807) is 0 Å². The molecule has 1 aromatic carbocycles. The minimum Gasteiger partial charge on any atom is -0.478 e. The summed E-state index contributed by atoms with van der Waals surface area (Å²) in [7, 11) is 1.12. The third-order valence-corrected chi connectivity index (χ3v) is 1.79. The molecule has 6 heteroatoms. The lowest BCUT2D eigenvalue weighted by atomic mass is 10.0. The van der Waals surface area contributed by atoms with E-state index in [1.807, 2.05) is 0 Å². The molecule has 1 rings (SSSR count). The number of hydrogen-bond donors (Lipinski definition) is 1. The highest BCUT2D eigenvalue weighted by atomic mass is 17.2. The summed E-state index contributed by atoms with van der Waals surface area (Å²) in [4.78, 5) is 40.9. The number of aromatic carboxylic acids is 1. The summed E-state index contributed by atoms with van der Waals surface area (Å²) in [6.45, 7) is 0. The Morgan fingerprint density at radius 3 is 2.50 bits per heavy atom. The van der Waals surface area contributed by atoms with E-state index in [0.717, 1.165) is 13.2 Å². The molecule has 0 atom stereocenters. The molecule has 0 amide bonds. The average Bonchev–Trinajstić information content (AvgIpc) is 2.28. The summed E-state index contributed by atoms with van der Waals surface area (Å²) in [5.74, 6) is -2.26. The quantitative estimate of drug-likeness (QED) is 0.464. The standard InChI is InChI=1S/C10H8O6/c1-15-16-10(14)7-3-2-6(5-11)4-8(7)9(12)13/h2-5H,1H3,(H,12,13). The Bertz CT molecular complexity index is 437. The van der Waals surface area contributed by atoms with Crippen molar-refractivity contribution < 1.29 is 29.3 Å². The van der Waals surface area contributed by atoms with E-state index in [1.165, 1.54) is 12.1 Å². The summed E-state index contributed by atoms with van der Waals surface area (Å²) in [5, 5.41) is 8.84. The lowest BCUT2D eigenvalue weighted by Crippen LogP contribution is -2.11.